The molecule has 0 aliphatic heterocycles. The van der Waals surface area contributed by atoms with Crippen LogP contribution in [0.4, 0.5) is 0 Å². The van der Waals surface area contributed by atoms with Gasteiger partial charge in [0.15, 0.2) is 0 Å². The van der Waals surface area contributed by atoms with Crippen LogP contribution in [0.1, 0.15) is 11.7 Å². The van der Waals surface area contributed by atoms with E-state index in [1.165, 1.54) is 6.26 Å². The van der Waals surface area contributed by atoms with E-state index in [0.29, 0.717) is 33.0 Å². The number of rotatable bonds is 4. The Labute approximate surface area is 128 Å². The Hall–Kier alpha value is -1.92. The minimum absolute atomic E-state index is 0.137. The highest BCUT2D eigenvalue weighted by molar-refractivity contribution is 7.84. The van der Waals surface area contributed by atoms with Gasteiger partial charge in [0.1, 0.15) is 11.5 Å². The van der Waals surface area contributed by atoms with Gasteiger partial charge in [0.2, 0.25) is 11.8 Å². The Balaban J connectivity index is 1.82. The third kappa shape index (κ3) is 2.91. The lowest BCUT2D eigenvalue weighted by Gasteiger charge is -1.98. The predicted molar refractivity (Wildman–Crippen MR) is 78.3 cm³/mol. The molecule has 7 heteroatoms. The first-order valence-electron chi connectivity index (χ1n) is 6.15. The number of hydrogen-bond donors (Lipinski definition) is 0. The molecule has 0 N–H and O–H groups in total. The van der Waals surface area contributed by atoms with Crippen molar-refractivity contribution in [2.24, 2.45) is 0 Å². The maximum Gasteiger partial charge on any atom is 0.249 e. The van der Waals surface area contributed by atoms with Gasteiger partial charge in [0, 0.05) is 0 Å². The van der Waals surface area contributed by atoms with E-state index < -0.39 is 10.8 Å². The summed E-state index contributed by atoms with van der Waals surface area (Å²) >= 11 is 6.08. The monoisotopic (exact) mass is 322 g/mol. The lowest BCUT2D eigenvalue weighted by molar-refractivity contribution is 0.521. The Morgan fingerprint density at radius 1 is 1.24 bits per heavy atom. The van der Waals surface area contributed by atoms with Gasteiger partial charge < -0.3 is 8.83 Å². The minimum Gasteiger partial charge on any atom is -0.468 e. The van der Waals surface area contributed by atoms with Crippen LogP contribution in [0.5, 0.6) is 0 Å². The summed E-state index contributed by atoms with van der Waals surface area (Å²) in [4.78, 5) is 0.632. The molecule has 1 aromatic carbocycles. The standard InChI is InChI=1S/C14H11ClN2O3S/c1-9-12(6-7-19-9)21(18)8-13-16-17-14(20-13)10-4-2-3-5-11(10)15/h2-7H,8H2,1H3. The second-order valence-electron chi connectivity index (χ2n) is 4.31. The number of aromatic nitrogens is 2. The zero-order valence-electron chi connectivity index (χ0n) is 11.1. The van der Waals surface area contributed by atoms with Crippen LogP contribution in [0.15, 0.2) is 50.3 Å². The van der Waals surface area contributed by atoms with Gasteiger partial charge in [-0.15, -0.1) is 10.2 Å². The van der Waals surface area contributed by atoms with E-state index in [4.69, 9.17) is 20.4 Å². The normalized spacial score (nSPS) is 12.5. The average molecular weight is 323 g/mol. The molecule has 2 aromatic heterocycles. The summed E-state index contributed by atoms with van der Waals surface area (Å²) in [5.41, 5.74) is 0.656. The molecule has 2 heterocycles. The van der Waals surface area contributed by atoms with Crippen molar-refractivity contribution in [2.45, 2.75) is 17.6 Å². The largest absolute Gasteiger partial charge is 0.468 e. The molecule has 0 radical (unpaired) electrons. The summed E-state index contributed by atoms with van der Waals surface area (Å²) in [7, 11) is -1.29. The summed E-state index contributed by atoms with van der Waals surface area (Å²) in [6.45, 7) is 1.76. The molecular formula is C14H11ClN2O3S. The van der Waals surface area contributed by atoms with E-state index in [1.54, 1.807) is 25.1 Å². The smallest absolute Gasteiger partial charge is 0.249 e. The quantitative estimate of drug-likeness (QED) is 0.734. The SMILES string of the molecule is Cc1occc1S(=O)Cc1nnc(-c2ccccc2Cl)o1. The van der Waals surface area contributed by atoms with Gasteiger partial charge in [-0.25, -0.2) is 0 Å². The highest BCUT2D eigenvalue weighted by Gasteiger charge is 2.16. The molecule has 3 rings (SSSR count). The van der Waals surface area contributed by atoms with Gasteiger partial charge in [0.05, 0.1) is 32.5 Å². The lowest BCUT2D eigenvalue weighted by Crippen LogP contribution is -1.96. The number of hydrogen-bond acceptors (Lipinski definition) is 5. The zero-order chi connectivity index (χ0) is 14.8. The molecule has 108 valence electrons. The topological polar surface area (TPSA) is 69.1 Å². The molecule has 0 aliphatic rings. The Kier molecular flexibility index (Phi) is 3.90. The van der Waals surface area contributed by atoms with Gasteiger partial charge in [-0.05, 0) is 25.1 Å². The molecule has 21 heavy (non-hydrogen) atoms. The highest BCUT2D eigenvalue weighted by Crippen LogP contribution is 2.27. The second-order valence-corrected chi connectivity index (χ2v) is 6.14. The second kappa shape index (κ2) is 5.83. The van der Waals surface area contributed by atoms with E-state index in [-0.39, 0.29) is 5.75 Å². The maximum absolute atomic E-state index is 12.2. The number of halogens is 1. The van der Waals surface area contributed by atoms with Crippen molar-refractivity contribution in [3.63, 3.8) is 0 Å². The number of nitrogens with zero attached hydrogens (tertiary/aromatic N) is 2. The summed E-state index contributed by atoms with van der Waals surface area (Å²) in [6.07, 6.45) is 1.51. The van der Waals surface area contributed by atoms with Crippen molar-refractivity contribution in [1.82, 2.24) is 10.2 Å². The Morgan fingerprint density at radius 2 is 2.05 bits per heavy atom. The van der Waals surface area contributed by atoms with Crippen molar-refractivity contribution in [1.29, 1.82) is 0 Å². The number of furan rings is 1. The third-order valence-corrected chi connectivity index (χ3v) is 4.64. The first-order valence-corrected chi connectivity index (χ1v) is 7.84. The molecule has 0 saturated carbocycles. The summed E-state index contributed by atoms with van der Waals surface area (Å²) in [5, 5.41) is 8.39. The van der Waals surface area contributed by atoms with Crippen molar-refractivity contribution < 1.29 is 13.0 Å². The molecule has 0 bridgehead atoms. The molecule has 0 fully saturated rings. The van der Waals surface area contributed by atoms with Crippen LogP contribution >= 0.6 is 11.6 Å². The van der Waals surface area contributed by atoms with E-state index in [0.717, 1.165) is 0 Å². The van der Waals surface area contributed by atoms with Crippen LogP contribution < -0.4 is 0 Å². The minimum atomic E-state index is -1.29. The molecule has 5 nitrogen and oxygen atoms in total. The van der Waals surface area contributed by atoms with Crippen LogP contribution in [-0.2, 0) is 16.6 Å². The van der Waals surface area contributed by atoms with Crippen molar-refractivity contribution in [3.05, 3.63) is 53.3 Å². The van der Waals surface area contributed by atoms with E-state index in [1.807, 2.05) is 12.1 Å². The number of aryl methyl sites for hydroxylation is 1. The van der Waals surface area contributed by atoms with E-state index in [9.17, 15) is 4.21 Å². The van der Waals surface area contributed by atoms with Crippen molar-refractivity contribution in [2.75, 3.05) is 0 Å². The van der Waals surface area contributed by atoms with Crippen LogP contribution in [0.2, 0.25) is 5.02 Å². The van der Waals surface area contributed by atoms with Crippen molar-refractivity contribution in [3.8, 4) is 11.5 Å². The Bertz CT molecular complexity index is 797. The summed E-state index contributed by atoms with van der Waals surface area (Å²) in [6, 6.07) is 8.86. The van der Waals surface area contributed by atoms with Gasteiger partial charge in [-0.1, -0.05) is 23.7 Å². The molecular weight excluding hydrogens is 312 g/mol. The number of benzene rings is 1. The summed E-state index contributed by atoms with van der Waals surface area (Å²) < 4.78 is 22.9. The average Bonchev–Trinajstić information content (AvgIpc) is 3.08. The van der Waals surface area contributed by atoms with Gasteiger partial charge >= 0.3 is 0 Å². The molecule has 0 amide bonds. The molecule has 0 spiro atoms. The van der Waals surface area contributed by atoms with Crippen LogP contribution in [0.3, 0.4) is 0 Å². The van der Waals surface area contributed by atoms with Gasteiger partial charge in [0.25, 0.3) is 0 Å². The Morgan fingerprint density at radius 3 is 2.76 bits per heavy atom. The molecule has 0 aliphatic carbocycles. The first kappa shape index (κ1) is 14.0. The van der Waals surface area contributed by atoms with Gasteiger partial charge in [-0.2, -0.15) is 0 Å². The third-order valence-electron chi connectivity index (χ3n) is 2.88. The lowest BCUT2D eigenvalue weighted by atomic mass is 10.2. The highest BCUT2D eigenvalue weighted by atomic mass is 35.5. The molecule has 0 saturated heterocycles. The van der Waals surface area contributed by atoms with E-state index >= 15 is 0 Å². The summed E-state index contributed by atoms with van der Waals surface area (Å²) in [5.74, 6) is 1.37. The van der Waals surface area contributed by atoms with Crippen LogP contribution in [0.25, 0.3) is 11.5 Å². The van der Waals surface area contributed by atoms with E-state index in [2.05, 4.69) is 10.2 Å². The van der Waals surface area contributed by atoms with Crippen LogP contribution in [-0.4, -0.2) is 14.4 Å². The molecule has 1 unspecified atom stereocenters. The fraction of sp³-hybridized carbons (Fsp3) is 0.143. The van der Waals surface area contributed by atoms with Crippen molar-refractivity contribution >= 4 is 22.4 Å². The van der Waals surface area contributed by atoms with Crippen LogP contribution in [0, 0.1) is 6.92 Å². The predicted octanol–water partition coefficient (Wildman–Crippen LogP) is 3.60. The van der Waals surface area contributed by atoms with Gasteiger partial charge in [-0.3, -0.25) is 4.21 Å². The first-order chi connectivity index (χ1) is 10.1. The fourth-order valence-corrected chi connectivity index (χ4v) is 3.14. The fourth-order valence-electron chi connectivity index (χ4n) is 1.85. The molecule has 3 aromatic rings. The maximum atomic E-state index is 12.2. The molecule has 1 atom stereocenters. The zero-order valence-corrected chi connectivity index (χ0v) is 12.6.